The topological polar surface area (TPSA) is 34.1 Å². The Morgan fingerprint density at radius 3 is 2.67 bits per heavy atom. The van der Waals surface area contributed by atoms with Gasteiger partial charge in [-0.2, -0.15) is 0 Å². The van der Waals surface area contributed by atoms with Crippen molar-refractivity contribution < 1.29 is 4.74 Å². The molecule has 1 N–H and O–H groups in total. The fourth-order valence-corrected chi connectivity index (χ4v) is 3.96. The van der Waals surface area contributed by atoms with E-state index in [2.05, 4.69) is 42.4 Å². The summed E-state index contributed by atoms with van der Waals surface area (Å²) in [6.45, 7) is 4.29. The highest BCUT2D eigenvalue weighted by molar-refractivity contribution is 7.13. The normalized spacial score (nSPS) is 14.3. The Hall–Kier alpha value is -2.07. The molecule has 1 fully saturated rings. The van der Waals surface area contributed by atoms with Crippen LogP contribution in [0.5, 0.6) is 5.88 Å². The highest BCUT2D eigenvalue weighted by Crippen LogP contribution is 2.41. The molecule has 24 heavy (non-hydrogen) atoms. The van der Waals surface area contributed by atoms with Gasteiger partial charge in [-0.25, -0.2) is 4.98 Å². The number of hydrogen-bond acceptors (Lipinski definition) is 4. The number of aromatic nitrogens is 1. The SMILES string of the molecule is CN/C(C)=C/c1cc(C(=C2CCC2)c2ccc(OC)nc2)sc1C. The Morgan fingerprint density at radius 2 is 2.12 bits per heavy atom. The van der Waals surface area contributed by atoms with Crippen LogP contribution in [0.4, 0.5) is 0 Å². The van der Waals surface area contributed by atoms with Crippen molar-refractivity contribution >= 4 is 23.0 Å². The molecule has 2 aromatic rings. The smallest absolute Gasteiger partial charge is 0.212 e. The number of thiophene rings is 1. The Bertz CT molecular complexity index is 778. The number of nitrogens with zero attached hydrogens (tertiary/aromatic N) is 1. The van der Waals surface area contributed by atoms with Crippen LogP contribution in [0.2, 0.25) is 0 Å². The monoisotopic (exact) mass is 340 g/mol. The molecule has 4 heteroatoms. The lowest BCUT2D eigenvalue weighted by Gasteiger charge is -2.22. The van der Waals surface area contributed by atoms with Gasteiger partial charge in [-0.1, -0.05) is 5.57 Å². The molecule has 3 rings (SSSR count). The summed E-state index contributed by atoms with van der Waals surface area (Å²) in [6.07, 6.45) is 7.82. The second-order valence-corrected chi connectivity index (χ2v) is 7.38. The Balaban J connectivity index is 2.03. The van der Waals surface area contributed by atoms with Crippen LogP contribution in [0.3, 0.4) is 0 Å². The third-order valence-electron chi connectivity index (χ3n) is 4.51. The van der Waals surface area contributed by atoms with Crippen LogP contribution in [-0.4, -0.2) is 19.1 Å². The summed E-state index contributed by atoms with van der Waals surface area (Å²) in [6, 6.07) is 6.38. The molecule has 2 aromatic heterocycles. The lowest BCUT2D eigenvalue weighted by Crippen LogP contribution is -2.02. The van der Waals surface area contributed by atoms with Crippen molar-refractivity contribution in [2.24, 2.45) is 0 Å². The number of allylic oxidation sites excluding steroid dienone is 2. The van der Waals surface area contributed by atoms with E-state index < -0.39 is 0 Å². The van der Waals surface area contributed by atoms with Gasteiger partial charge in [0.15, 0.2) is 0 Å². The van der Waals surface area contributed by atoms with E-state index >= 15 is 0 Å². The fourth-order valence-electron chi connectivity index (χ4n) is 2.84. The van der Waals surface area contributed by atoms with Gasteiger partial charge in [-0.05, 0) is 62.5 Å². The maximum Gasteiger partial charge on any atom is 0.212 e. The summed E-state index contributed by atoms with van der Waals surface area (Å²) in [5, 5.41) is 3.20. The molecular formula is C20H24N2OS. The van der Waals surface area contributed by atoms with E-state index in [-0.39, 0.29) is 0 Å². The molecule has 2 heterocycles. The number of methoxy groups -OCH3 is 1. The molecular weight excluding hydrogens is 316 g/mol. The van der Waals surface area contributed by atoms with E-state index in [1.54, 1.807) is 12.7 Å². The van der Waals surface area contributed by atoms with Crippen LogP contribution in [0.25, 0.3) is 11.6 Å². The van der Waals surface area contributed by atoms with Gasteiger partial charge in [-0.3, -0.25) is 0 Å². The summed E-state index contributed by atoms with van der Waals surface area (Å²) in [7, 11) is 3.61. The zero-order valence-electron chi connectivity index (χ0n) is 14.8. The first-order chi connectivity index (χ1) is 11.6. The van der Waals surface area contributed by atoms with Gasteiger partial charge in [0.25, 0.3) is 0 Å². The molecule has 3 nitrogen and oxygen atoms in total. The molecule has 0 spiro atoms. The molecule has 1 aliphatic rings. The summed E-state index contributed by atoms with van der Waals surface area (Å²) >= 11 is 1.87. The predicted octanol–water partition coefficient (Wildman–Crippen LogP) is 5.03. The molecule has 126 valence electrons. The van der Waals surface area contributed by atoms with E-state index in [4.69, 9.17) is 4.74 Å². The molecule has 0 atom stereocenters. The van der Waals surface area contributed by atoms with Crippen LogP contribution in [0.1, 0.15) is 47.1 Å². The minimum Gasteiger partial charge on any atom is -0.481 e. The molecule has 0 saturated heterocycles. The number of ether oxygens (including phenoxy) is 1. The molecule has 0 amide bonds. The van der Waals surface area contributed by atoms with Gasteiger partial charge >= 0.3 is 0 Å². The van der Waals surface area contributed by atoms with E-state index in [1.807, 2.05) is 30.6 Å². The first-order valence-electron chi connectivity index (χ1n) is 8.31. The summed E-state index contributed by atoms with van der Waals surface area (Å²) in [4.78, 5) is 7.08. The van der Waals surface area contributed by atoms with Gasteiger partial charge in [0.2, 0.25) is 5.88 Å². The number of aryl methyl sites for hydroxylation is 1. The van der Waals surface area contributed by atoms with Crippen molar-refractivity contribution in [1.82, 2.24) is 10.3 Å². The third-order valence-corrected chi connectivity index (χ3v) is 5.60. The first kappa shape index (κ1) is 16.8. The van der Waals surface area contributed by atoms with E-state index in [0.29, 0.717) is 5.88 Å². The lowest BCUT2D eigenvalue weighted by atomic mass is 9.85. The average Bonchev–Trinajstić information content (AvgIpc) is 2.91. The second-order valence-electron chi connectivity index (χ2n) is 6.12. The zero-order valence-corrected chi connectivity index (χ0v) is 15.6. The van der Waals surface area contributed by atoms with Gasteiger partial charge in [0.05, 0.1) is 7.11 Å². The summed E-state index contributed by atoms with van der Waals surface area (Å²) < 4.78 is 5.20. The Kier molecular flexibility index (Phi) is 5.05. The highest BCUT2D eigenvalue weighted by Gasteiger charge is 2.20. The molecule has 0 bridgehead atoms. The number of nitrogens with one attached hydrogen (secondary N) is 1. The Labute approximate surface area is 148 Å². The minimum atomic E-state index is 0.660. The van der Waals surface area contributed by atoms with Crippen LogP contribution >= 0.6 is 11.3 Å². The minimum absolute atomic E-state index is 0.660. The van der Waals surface area contributed by atoms with Crippen molar-refractivity contribution in [3.8, 4) is 5.88 Å². The van der Waals surface area contributed by atoms with E-state index in [9.17, 15) is 0 Å². The largest absolute Gasteiger partial charge is 0.481 e. The van der Waals surface area contributed by atoms with Gasteiger partial charge in [0.1, 0.15) is 0 Å². The highest BCUT2D eigenvalue weighted by atomic mass is 32.1. The first-order valence-corrected chi connectivity index (χ1v) is 9.13. The number of pyridine rings is 1. The maximum absolute atomic E-state index is 5.20. The van der Waals surface area contributed by atoms with Crippen LogP contribution in [0, 0.1) is 6.92 Å². The molecule has 0 aliphatic heterocycles. The van der Waals surface area contributed by atoms with Crippen molar-refractivity contribution in [2.45, 2.75) is 33.1 Å². The molecule has 0 aromatic carbocycles. The average molecular weight is 340 g/mol. The molecule has 1 aliphatic carbocycles. The van der Waals surface area contributed by atoms with Crippen LogP contribution in [-0.2, 0) is 0 Å². The number of hydrogen-bond donors (Lipinski definition) is 1. The van der Waals surface area contributed by atoms with Crippen molar-refractivity contribution in [2.75, 3.05) is 14.2 Å². The predicted molar refractivity (Wildman–Crippen MR) is 102 cm³/mol. The van der Waals surface area contributed by atoms with E-state index in [0.717, 1.165) is 0 Å². The second kappa shape index (κ2) is 7.22. The molecule has 0 unspecified atom stereocenters. The Morgan fingerprint density at radius 1 is 1.33 bits per heavy atom. The lowest BCUT2D eigenvalue weighted by molar-refractivity contribution is 0.398. The quantitative estimate of drug-likeness (QED) is 0.829. The molecule has 0 radical (unpaired) electrons. The summed E-state index contributed by atoms with van der Waals surface area (Å²) in [5.41, 5.74) is 6.56. The standard InChI is InChI=1S/C20H24N2OS/c1-13(21-3)10-17-11-18(24-14(17)2)20(15-6-5-7-15)16-8-9-19(23-4)22-12-16/h8-12,21H,5-7H2,1-4H3/b13-10+. The fraction of sp³-hybridized carbons (Fsp3) is 0.350. The zero-order chi connectivity index (χ0) is 17.1. The number of rotatable bonds is 5. The maximum atomic E-state index is 5.20. The van der Waals surface area contributed by atoms with Crippen LogP contribution < -0.4 is 10.1 Å². The van der Waals surface area contributed by atoms with Crippen molar-refractivity contribution in [3.05, 3.63) is 56.5 Å². The molecule has 1 saturated carbocycles. The van der Waals surface area contributed by atoms with Gasteiger partial charge in [0, 0.05) is 40.3 Å². The van der Waals surface area contributed by atoms with E-state index in [1.165, 1.54) is 51.4 Å². The summed E-state index contributed by atoms with van der Waals surface area (Å²) in [5.74, 6) is 0.660. The van der Waals surface area contributed by atoms with Gasteiger partial charge in [-0.15, -0.1) is 11.3 Å². The van der Waals surface area contributed by atoms with Gasteiger partial charge < -0.3 is 10.1 Å². The third kappa shape index (κ3) is 3.39. The van der Waals surface area contributed by atoms with Crippen LogP contribution in [0.15, 0.2) is 35.7 Å². The van der Waals surface area contributed by atoms with Crippen molar-refractivity contribution in [3.63, 3.8) is 0 Å². The van der Waals surface area contributed by atoms with Crippen molar-refractivity contribution in [1.29, 1.82) is 0 Å².